The molecular formula is C18H26N4O2. The zero-order valence-corrected chi connectivity index (χ0v) is 14.6. The second-order valence-corrected chi connectivity index (χ2v) is 7.30. The van der Waals surface area contributed by atoms with Crippen LogP contribution in [0.25, 0.3) is 11.0 Å². The molecule has 3 rings (SSSR count). The second-order valence-electron chi connectivity index (χ2n) is 7.30. The Hall–Kier alpha value is -2.24. The number of nitrogens with one attached hydrogen (secondary N) is 2. The van der Waals surface area contributed by atoms with Crippen LogP contribution < -0.4 is 10.2 Å². The first kappa shape index (κ1) is 16.6. The van der Waals surface area contributed by atoms with Gasteiger partial charge in [-0.15, -0.1) is 0 Å². The molecule has 0 radical (unpaired) electrons. The highest BCUT2D eigenvalue weighted by atomic mass is 16.6. The number of anilines is 1. The lowest BCUT2D eigenvalue weighted by Gasteiger charge is -2.35. The van der Waals surface area contributed by atoms with E-state index in [0.29, 0.717) is 6.54 Å². The van der Waals surface area contributed by atoms with Crippen molar-refractivity contribution in [3.63, 3.8) is 0 Å². The molecule has 1 aromatic heterocycles. The fraction of sp³-hybridized carbons (Fsp3) is 0.556. The molecule has 0 spiro atoms. The summed E-state index contributed by atoms with van der Waals surface area (Å²) in [6, 6.07) is 8.26. The third-order valence-electron chi connectivity index (χ3n) is 4.16. The Bertz CT molecular complexity index is 671. The quantitative estimate of drug-likeness (QED) is 0.904. The van der Waals surface area contributed by atoms with Crippen LogP contribution in [0.5, 0.6) is 0 Å². The molecule has 2 heterocycles. The van der Waals surface area contributed by atoms with E-state index in [4.69, 9.17) is 9.72 Å². The lowest BCUT2D eigenvalue weighted by atomic mass is 10.0. The van der Waals surface area contributed by atoms with Gasteiger partial charge in [-0.3, -0.25) is 0 Å². The number of benzene rings is 1. The van der Waals surface area contributed by atoms with Gasteiger partial charge in [0.15, 0.2) is 0 Å². The van der Waals surface area contributed by atoms with E-state index in [1.54, 1.807) is 0 Å². The van der Waals surface area contributed by atoms with Crippen LogP contribution in [0.3, 0.4) is 0 Å². The summed E-state index contributed by atoms with van der Waals surface area (Å²) < 4.78 is 5.33. The van der Waals surface area contributed by atoms with Crippen molar-refractivity contribution in [2.75, 3.05) is 18.0 Å². The van der Waals surface area contributed by atoms with Gasteiger partial charge in [0.25, 0.3) is 0 Å². The average molecular weight is 330 g/mol. The van der Waals surface area contributed by atoms with Gasteiger partial charge < -0.3 is 19.9 Å². The van der Waals surface area contributed by atoms with E-state index >= 15 is 0 Å². The normalized spacial score (nSPS) is 18.6. The average Bonchev–Trinajstić information content (AvgIpc) is 2.95. The topological polar surface area (TPSA) is 70.2 Å². The van der Waals surface area contributed by atoms with Crippen molar-refractivity contribution >= 4 is 23.1 Å². The van der Waals surface area contributed by atoms with E-state index in [2.05, 4.69) is 15.2 Å². The fourth-order valence-corrected chi connectivity index (χ4v) is 3.08. The monoisotopic (exact) mass is 330 g/mol. The number of hydrogen-bond acceptors (Lipinski definition) is 4. The number of carbonyl (C=O) groups excluding carboxylic acids is 1. The molecule has 1 fully saturated rings. The second kappa shape index (κ2) is 6.71. The molecule has 6 heteroatoms. The van der Waals surface area contributed by atoms with Crippen molar-refractivity contribution in [3.8, 4) is 0 Å². The van der Waals surface area contributed by atoms with Crippen LogP contribution in [0, 0.1) is 0 Å². The number of aromatic amines is 1. The number of imidazole rings is 1. The van der Waals surface area contributed by atoms with Gasteiger partial charge in [0.05, 0.1) is 11.0 Å². The molecule has 0 saturated carbocycles. The van der Waals surface area contributed by atoms with Gasteiger partial charge >= 0.3 is 6.09 Å². The summed E-state index contributed by atoms with van der Waals surface area (Å²) in [5, 5.41) is 2.90. The van der Waals surface area contributed by atoms with E-state index < -0.39 is 5.60 Å². The standard InChI is InChI=1S/C18H26N4O2/c1-18(2,3)24-17(23)19-12-13-8-6-7-11-22(13)16-20-14-9-4-5-10-15(14)21-16/h4-5,9-10,13H,6-8,11-12H2,1-3H3,(H,19,23)(H,20,21)/t13-/m1/s1. The van der Waals surface area contributed by atoms with E-state index in [0.717, 1.165) is 42.8 Å². The summed E-state index contributed by atoms with van der Waals surface area (Å²) in [6.45, 7) is 7.11. The van der Waals surface area contributed by atoms with Crippen molar-refractivity contribution in [2.24, 2.45) is 0 Å². The third kappa shape index (κ3) is 3.99. The van der Waals surface area contributed by atoms with E-state index in [1.807, 2.05) is 45.0 Å². The molecule has 0 bridgehead atoms. The Morgan fingerprint density at radius 3 is 2.92 bits per heavy atom. The first-order chi connectivity index (χ1) is 11.4. The third-order valence-corrected chi connectivity index (χ3v) is 4.16. The van der Waals surface area contributed by atoms with Crippen molar-refractivity contribution in [1.29, 1.82) is 0 Å². The summed E-state index contributed by atoms with van der Waals surface area (Å²) in [5.74, 6) is 0.881. The van der Waals surface area contributed by atoms with Crippen LogP contribution in [0.15, 0.2) is 24.3 Å². The summed E-state index contributed by atoms with van der Waals surface area (Å²) in [5.41, 5.74) is 1.53. The number of amides is 1. The number of para-hydroxylation sites is 2. The van der Waals surface area contributed by atoms with Crippen LogP contribution >= 0.6 is 0 Å². The summed E-state index contributed by atoms with van der Waals surface area (Å²) >= 11 is 0. The molecule has 24 heavy (non-hydrogen) atoms. The highest BCUT2D eigenvalue weighted by Gasteiger charge is 2.26. The van der Waals surface area contributed by atoms with Crippen LogP contribution in [-0.4, -0.2) is 40.8 Å². The number of aromatic nitrogens is 2. The van der Waals surface area contributed by atoms with Crippen LogP contribution in [0.4, 0.5) is 10.7 Å². The Morgan fingerprint density at radius 2 is 2.17 bits per heavy atom. The Balaban J connectivity index is 1.68. The molecule has 1 aliphatic heterocycles. The Kier molecular flexibility index (Phi) is 4.64. The summed E-state index contributed by atoms with van der Waals surface area (Å²) in [7, 11) is 0. The van der Waals surface area contributed by atoms with Crippen molar-refractivity contribution in [3.05, 3.63) is 24.3 Å². The lowest BCUT2D eigenvalue weighted by Crippen LogP contribution is -2.48. The number of hydrogen-bond donors (Lipinski definition) is 2. The zero-order chi connectivity index (χ0) is 17.2. The van der Waals surface area contributed by atoms with Gasteiger partial charge in [0.2, 0.25) is 5.95 Å². The number of nitrogens with zero attached hydrogens (tertiary/aromatic N) is 2. The molecule has 130 valence electrons. The maximum absolute atomic E-state index is 11.9. The Labute approximate surface area is 142 Å². The van der Waals surface area contributed by atoms with Gasteiger partial charge in [0.1, 0.15) is 5.60 Å². The predicted octanol–water partition coefficient (Wildman–Crippen LogP) is 3.45. The molecule has 1 amide bonds. The van der Waals surface area contributed by atoms with Gasteiger partial charge in [0, 0.05) is 19.1 Å². The number of H-pyrrole nitrogens is 1. The first-order valence-corrected chi connectivity index (χ1v) is 8.61. The smallest absolute Gasteiger partial charge is 0.407 e. The van der Waals surface area contributed by atoms with Crippen LogP contribution in [0.1, 0.15) is 40.0 Å². The molecule has 1 saturated heterocycles. The number of carbonyl (C=O) groups is 1. The minimum Gasteiger partial charge on any atom is -0.444 e. The van der Waals surface area contributed by atoms with Crippen LogP contribution in [0.2, 0.25) is 0 Å². The van der Waals surface area contributed by atoms with E-state index in [-0.39, 0.29) is 12.1 Å². The summed E-state index contributed by atoms with van der Waals surface area (Å²) in [4.78, 5) is 22.3. The number of piperidine rings is 1. The zero-order valence-electron chi connectivity index (χ0n) is 14.6. The highest BCUT2D eigenvalue weighted by Crippen LogP contribution is 2.24. The number of ether oxygens (including phenoxy) is 1. The fourth-order valence-electron chi connectivity index (χ4n) is 3.08. The largest absolute Gasteiger partial charge is 0.444 e. The van der Waals surface area contributed by atoms with Gasteiger partial charge in [-0.1, -0.05) is 12.1 Å². The van der Waals surface area contributed by atoms with Crippen LogP contribution in [-0.2, 0) is 4.74 Å². The molecular weight excluding hydrogens is 304 g/mol. The molecule has 6 nitrogen and oxygen atoms in total. The minimum atomic E-state index is -0.477. The van der Waals surface area contributed by atoms with Gasteiger partial charge in [-0.25, -0.2) is 9.78 Å². The minimum absolute atomic E-state index is 0.229. The number of rotatable bonds is 3. The maximum Gasteiger partial charge on any atom is 0.407 e. The van der Waals surface area contributed by atoms with E-state index in [9.17, 15) is 4.79 Å². The molecule has 1 aromatic carbocycles. The molecule has 2 N–H and O–H groups in total. The molecule has 0 aliphatic carbocycles. The molecule has 1 atom stereocenters. The predicted molar refractivity (Wildman–Crippen MR) is 95.3 cm³/mol. The van der Waals surface area contributed by atoms with Gasteiger partial charge in [-0.2, -0.15) is 0 Å². The SMILES string of the molecule is CC(C)(C)OC(=O)NC[C@H]1CCCCN1c1nc2ccccc2[nH]1. The lowest BCUT2D eigenvalue weighted by molar-refractivity contribution is 0.0522. The van der Waals surface area contributed by atoms with Crippen molar-refractivity contribution in [2.45, 2.75) is 51.7 Å². The first-order valence-electron chi connectivity index (χ1n) is 8.61. The van der Waals surface area contributed by atoms with Crippen molar-refractivity contribution in [1.82, 2.24) is 15.3 Å². The number of fused-ring (bicyclic) bond motifs is 1. The molecule has 0 unspecified atom stereocenters. The number of alkyl carbamates (subject to hydrolysis) is 1. The Morgan fingerprint density at radius 1 is 1.38 bits per heavy atom. The highest BCUT2D eigenvalue weighted by molar-refractivity contribution is 5.77. The van der Waals surface area contributed by atoms with Crippen molar-refractivity contribution < 1.29 is 9.53 Å². The maximum atomic E-state index is 11.9. The molecule has 2 aromatic rings. The molecule has 1 aliphatic rings. The summed E-state index contributed by atoms with van der Waals surface area (Å²) in [6.07, 6.45) is 2.97. The van der Waals surface area contributed by atoms with E-state index in [1.165, 1.54) is 0 Å². The van der Waals surface area contributed by atoms with Gasteiger partial charge in [-0.05, 0) is 52.2 Å².